The minimum Gasteiger partial charge on any atom is -0.392 e. The lowest BCUT2D eigenvalue weighted by Crippen LogP contribution is -2.44. The molecule has 1 unspecified atom stereocenters. The zero-order valence-electron chi connectivity index (χ0n) is 12.9. The van der Waals surface area contributed by atoms with Crippen LogP contribution in [0.1, 0.15) is 24.1 Å². The van der Waals surface area contributed by atoms with Crippen molar-refractivity contribution in [2.75, 3.05) is 0 Å². The Hall–Kier alpha value is -1.96. The van der Waals surface area contributed by atoms with Crippen LogP contribution >= 0.6 is 0 Å². The molecule has 0 saturated heterocycles. The molecule has 0 radical (unpaired) electrons. The normalized spacial score (nSPS) is 15.1. The SMILES string of the molecule is C[C@@H](O)[C@@H](N)C(NCc1cc(F)cc(F)c1)c1cc(F)cc(F)c1. The number of nitrogens with one attached hydrogen (secondary N) is 1. The van der Waals surface area contributed by atoms with Crippen LogP contribution in [0.2, 0.25) is 0 Å². The highest BCUT2D eigenvalue weighted by atomic mass is 19.1. The molecule has 7 heteroatoms. The van der Waals surface area contributed by atoms with Crippen LogP contribution in [0.3, 0.4) is 0 Å². The summed E-state index contributed by atoms with van der Waals surface area (Å²) in [4.78, 5) is 0. The van der Waals surface area contributed by atoms with E-state index in [9.17, 15) is 22.7 Å². The summed E-state index contributed by atoms with van der Waals surface area (Å²) in [6.45, 7) is 1.44. The Morgan fingerprint density at radius 3 is 1.83 bits per heavy atom. The Morgan fingerprint density at radius 1 is 0.917 bits per heavy atom. The van der Waals surface area contributed by atoms with Crippen molar-refractivity contribution in [3.63, 3.8) is 0 Å². The Bertz CT molecular complexity index is 668. The van der Waals surface area contributed by atoms with E-state index in [1.54, 1.807) is 0 Å². The molecular formula is C17H18F4N2O. The number of benzene rings is 2. The van der Waals surface area contributed by atoms with Gasteiger partial charge in [-0.25, -0.2) is 17.6 Å². The van der Waals surface area contributed by atoms with Gasteiger partial charge in [0.25, 0.3) is 0 Å². The molecule has 0 heterocycles. The van der Waals surface area contributed by atoms with Crippen LogP contribution in [0.25, 0.3) is 0 Å². The largest absolute Gasteiger partial charge is 0.392 e. The smallest absolute Gasteiger partial charge is 0.126 e. The number of rotatable bonds is 6. The maximum Gasteiger partial charge on any atom is 0.126 e. The maximum atomic E-state index is 13.5. The third-order valence-electron chi connectivity index (χ3n) is 3.63. The molecule has 3 atom stereocenters. The molecule has 2 aromatic carbocycles. The van der Waals surface area contributed by atoms with Crippen molar-refractivity contribution in [1.82, 2.24) is 5.32 Å². The Balaban J connectivity index is 2.26. The molecule has 0 bridgehead atoms. The van der Waals surface area contributed by atoms with Gasteiger partial charge in [-0.2, -0.15) is 0 Å². The van der Waals surface area contributed by atoms with E-state index in [0.29, 0.717) is 5.56 Å². The minimum absolute atomic E-state index is 0.00208. The van der Waals surface area contributed by atoms with Crippen LogP contribution in [0.4, 0.5) is 17.6 Å². The van der Waals surface area contributed by atoms with Crippen molar-refractivity contribution in [1.29, 1.82) is 0 Å². The monoisotopic (exact) mass is 342 g/mol. The summed E-state index contributed by atoms with van der Waals surface area (Å²) in [7, 11) is 0. The Kier molecular flexibility index (Phi) is 5.93. The zero-order valence-corrected chi connectivity index (χ0v) is 12.9. The molecule has 0 aliphatic rings. The molecule has 0 saturated carbocycles. The van der Waals surface area contributed by atoms with Crippen molar-refractivity contribution in [3.05, 3.63) is 70.8 Å². The fourth-order valence-electron chi connectivity index (χ4n) is 2.45. The summed E-state index contributed by atoms with van der Waals surface area (Å²) in [6.07, 6.45) is -0.974. The average molecular weight is 342 g/mol. The van der Waals surface area contributed by atoms with E-state index >= 15 is 0 Å². The summed E-state index contributed by atoms with van der Waals surface area (Å²) < 4.78 is 53.4. The van der Waals surface area contributed by atoms with Crippen molar-refractivity contribution in [2.45, 2.75) is 31.7 Å². The van der Waals surface area contributed by atoms with Gasteiger partial charge in [0.1, 0.15) is 23.3 Å². The van der Waals surface area contributed by atoms with Gasteiger partial charge in [0.05, 0.1) is 12.1 Å². The molecule has 4 N–H and O–H groups in total. The number of aliphatic hydroxyl groups excluding tert-OH is 1. The third kappa shape index (κ3) is 4.77. The predicted molar refractivity (Wildman–Crippen MR) is 82.0 cm³/mol. The number of hydrogen-bond donors (Lipinski definition) is 3. The number of hydrogen-bond acceptors (Lipinski definition) is 3. The predicted octanol–water partition coefficient (Wildman–Crippen LogP) is 2.78. The van der Waals surface area contributed by atoms with E-state index in [-0.39, 0.29) is 12.1 Å². The molecule has 0 spiro atoms. The van der Waals surface area contributed by atoms with Gasteiger partial charge in [-0.3, -0.25) is 0 Å². The molecule has 24 heavy (non-hydrogen) atoms. The molecule has 130 valence electrons. The summed E-state index contributed by atoms with van der Waals surface area (Å²) >= 11 is 0. The van der Waals surface area contributed by atoms with Gasteiger partial charge in [0.15, 0.2) is 0 Å². The topological polar surface area (TPSA) is 58.3 Å². The first-order chi connectivity index (χ1) is 11.3. The van der Waals surface area contributed by atoms with Crippen LogP contribution in [0, 0.1) is 23.3 Å². The van der Waals surface area contributed by atoms with E-state index in [2.05, 4.69) is 5.32 Å². The molecule has 0 aliphatic heterocycles. The fourth-order valence-corrected chi connectivity index (χ4v) is 2.45. The fraction of sp³-hybridized carbons (Fsp3) is 0.294. The number of halogens is 4. The summed E-state index contributed by atoms with van der Waals surface area (Å²) in [5.41, 5.74) is 6.40. The van der Waals surface area contributed by atoms with Crippen LogP contribution in [0.15, 0.2) is 36.4 Å². The van der Waals surface area contributed by atoms with Crippen LogP contribution in [-0.4, -0.2) is 17.3 Å². The highest BCUT2D eigenvalue weighted by molar-refractivity contribution is 5.24. The van der Waals surface area contributed by atoms with Crippen molar-refractivity contribution < 1.29 is 22.7 Å². The van der Waals surface area contributed by atoms with Gasteiger partial charge in [-0.05, 0) is 42.3 Å². The highest BCUT2D eigenvalue weighted by Gasteiger charge is 2.24. The molecule has 0 fully saturated rings. The molecule has 0 aromatic heterocycles. The Labute approximate surface area is 137 Å². The standard InChI is InChI=1S/C17H18F4N2O/c1-9(24)16(22)17(11-4-14(20)7-15(21)5-11)23-8-10-2-12(18)6-13(19)3-10/h2-7,9,16-17,23-24H,8,22H2,1H3/t9-,16-,17?/m1/s1. The maximum absolute atomic E-state index is 13.5. The van der Waals surface area contributed by atoms with E-state index in [1.807, 2.05) is 0 Å². The molecule has 0 amide bonds. The second kappa shape index (κ2) is 7.74. The molecule has 2 rings (SSSR count). The Morgan fingerprint density at radius 2 is 1.38 bits per heavy atom. The first-order valence-electron chi connectivity index (χ1n) is 7.34. The van der Waals surface area contributed by atoms with E-state index in [1.165, 1.54) is 6.92 Å². The van der Waals surface area contributed by atoms with Gasteiger partial charge >= 0.3 is 0 Å². The van der Waals surface area contributed by atoms with Gasteiger partial charge < -0.3 is 16.2 Å². The van der Waals surface area contributed by atoms with Crippen LogP contribution < -0.4 is 11.1 Å². The van der Waals surface area contributed by atoms with E-state index < -0.39 is 41.5 Å². The molecule has 3 nitrogen and oxygen atoms in total. The summed E-state index contributed by atoms with van der Waals surface area (Å²) in [5.74, 6) is -3.04. The average Bonchev–Trinajstić information content (AvgIpc) is 2.45. The van der Waals surface area contributed by atoms with Gasteiger partial charge in [-0.1, -0.05) is 0 Å². The minimum atomic E-state index is -0.974. The summed E-state index contributed by atoms with van der Waals surface area (Å²) in [5, 5.41) is 12.6. The quantitative estimate of drug-likeness (QED) is 0.708. The molecule has 2 aromatic rings. The lowest BCUT2D eigenvalue weighted by Gasteiger charge is -2.28. The number of aliphatic hydroxyl groups is 1. The highest BCUT2D eigenvalue weighted by Crippen LogP contribution is 2.21. The third-order valence-corrected chi connectivity index (χ3v) is 3.63. The molecule has 0 aliphatic carbocycles. The first kappa shape index (κ1) is 18.4. The van der Waals surface area contributed by atoms with Crippen molar-refractivity contribution >= 4 is 0 Å². The van der Waals surface area contributed by atoms with E-state index in [0.717, 1.165) is 36.4 Å². The van der Waals surface area contributed by atoms with Crippen LogP contribution in [0.5, 0.6) is 0 Å². The number of nitrogens with two attached hydrogens (primary N) is 1. The lowest BCUT2D eigenvalue weighted by molar-refractivity contribution is 0.142. The second-order valence-corrected chi connectivity index (χ2v) is 5.66. The zero-order chi connectivity index (χ0) is 17.9. The second-order valence-electron chi connectivity index (χ2n) is 5.66. The lowest BCUT2D eigenvalue weighted by atomic mass is 9.96. The summed E-state index contributed by atoms with van der Waals surface area (Å²) in [6, 6.07) is 4.21. The van der Waals surface area contributed by atoms with Crippen LogP contribution in [-0.2, 0) is 6.54 Å². The van der Waals surface area contributed by atoms with E-state index in [4.69, 9.17) is 5.73 Å². The van der Waals surface area contributed by atoms with Crippen molar-refractivity contribution in [3.8, 4) is 0 Å². The first-order valence-corrected chi connectivity index (χ1v) is 7.34. The molecular weight excluding hydrogens is 324 g/mol. The van der Waals surface area contributed by atoms with Gasteiger partial charge in [0, 0.05) is 24.7 Å². The van der Waals surface area contributed by atoms with Crippen molar-refractivity contribution in [2.24, 2.45) is 5.73 Å². The van der Waals surface area contributed by atoms with Gasteiger partial charge in [-0.15, -0.1) is 0 Å². The van der Waals surface area contributed by atoms with Gasteiger partial charge in [0.2, 0.25) is 0 Å².